The molecule has 0 aliphatic rings. The van der Waals surface area contributed by atoms with Crippen molar-refractivity contribution < 1.29 is 4.79 Å². The van der Waals surface area contributed by atoms with E-state index in [0.29, 0.717) is 5.75 Å². The number of nitrogens with zero attached hydrogens (tertiary/aromatic N) is 1. The van der Waals surface area contributed by atoms with Gasteiger partial charge in [-0.05, 0) is 53.3 Å². The highest BCUT2D eigenvalue weighted by Crippen LogP contribution is 2.28. The summed E-state index contributed by atoms with van der Waals surface area (Å²) in [4.78, 5) is 16.7. The summed E-state index contributed by atoms with van der Waals surface area (Å²) in [5.74, 6) is 0.341. The smallest absolute Gasteiger partial charge is 0.234 e. The Kier molecular flexibility index (Phi) is 5.91. The van der Waals surface area contributed by atoms with E-state index in [1.54, 1.807) is 11.3 Å². The number of aromatic nitrogens is 1. The van der Waals surface area contributed by atoms with Crippen LogP contribution >= 0.6 is 45.7 Å². The van der Waals surface area contributed by atoms with Crippen LogP contribution in [0.5, 0.6) is 0 Å². The van der Waals surface area contributed by atoms with Crippen LogP contribution in [-0.4, -0.2) is 16.6 Å². The number of anilines is 1. The summed E-state index contributed by atoms with van der Waals surface area (Å²) in [6.45, 7) is 2.00. The number of hydrogen-bond acceptors (Lipinski definition) is 4. The third kappa shape index (κ3) is 4.58. The van der Waals surface area contributed by atoms with E-state index in [2.05, 4.69) is 39.0 Å². The van der Waals surface area contributed by atoms with Gasteiger partial charge in [0.2, 0.25) is 5.91 Å². The molecule has 0 radical (unpaired) electrons. The second-order valence-corrected chi connectivity index (χ2v) is 8.49. The number of rotatable bonds is 5. The van der Waals surface area contributed by atoms with Crippen LogP contribution < -0.4 is 5.32 Å². The fourth-order valence-electron chi connectivity index (χ4n) is 2.15. The lowest BCUT2D eigenvalue weighted by atomic mass is 10.2. The minimum Gasteiger partial charge on any atom is -0.325 e. The molecule has 0 aliphatic carbocycles. The lowest BCUT2D eigenvalue weighted by Gasteiger charge is -2.08. The van der Waals surface area contributed by atoms with Gasteiger partial charge in [0.25, 0.3) is 0 Å². The molecule has 0 saturated heterocycles. The van der Waals surface area contributed by atoms with E-state index in [0.717, 1.165) is 30.4 Å². The summed E-state index contributed by atoms with van der Waals surface area (Å²) < 4.78 is 2.07. The summed E-state index contributed by atoms with van der Waals surface area (Å²) in [6, 6.07) is 16.0. The molecule has 0 spiro atoms. The van der Waals surface area contributed by atoms with Crippen LogP contribution in [0.3, 0.4) is 0 Å². The lowest BCUT2D eigenvalue weighted by Crippen LogP contribution is -2.14. The monoisotopic (exact) mass is 466 g/mol. The molecule has 0 saturated carbocycles. The number of nitrogens with one attached hydrogen (secondary N) is 1. The number of thioether (sulfide) groups is 1. The topological polar surface area (TPSA) is 42.0 Å². The van der Waals surface area contributed by atoms with Gasteiger partial charge < -0.3 is 5.32 Å². The minimum atomic E-state index is -0.0132. The predicted molar refractivity (Wildman–Crippen MR) is 111 cm³/mol. The van der Waals surface area contributed by atoms with Crippen LogP contribution in [0.2, 0.25) is 0 Å². The maximum absolute atomic E-state index is 12.1. The predicted octanol–water partition coefficient (Wildman–Crippen LogP) is 5.45. The van der Waals surface area contributed by atoms with Crippen molar-refractivity contribution >= 4 is 57.3 Å². The first-order valence-electron chi connectivity index (χ1n) is 7.31. The first kappa shape index (κ1) is 17.4. The van der Waals surface area contributed by atoms with Gasteiger partial charge in [-0.1, -0.05) is 42.1 Å². The van der Waals surface area contributed by atoms with Gasteiger partial charge in [0.05, 0.1) is 11.4 Å². The van der Waals surface area contributed by atoms with E-state index < -0.39 is 0 Å². The average Bonchev–Trinajstić information content (AvgIpc) is 3.05. The molecule has 1 aromatic heterocycles. The standard InChI is InChI=1S/C18H15IN2OS2/c1-12-9-14(19)7-8-15(12)20-17(22)11-24-18-21-16(10-23-18)13-5-3-2-4-6-13/h2-10H,11H2,1H3,(H,20,22). The number of thiazole rings is 1. The van der Waals surface area contributed by atoms with Crippen molar-refractivity contribution in [1.82, 2.24) is 4.98 Å². The van der Waals surface area contributed by atoms with Gasteiger partial charge in [0.1, 0.15) is 0 Å². The van der Waals surface area contributed by atoms with Crippen LogP contribution in [0.25, 0.3) is 11.3 Å². The summed E-state index contributed by atoms with van der Waals surface area (Å²) in [5, 5.41) is 4.99. The molecule has 0 unspecified atom stereocenters. The first-order chi connectivity index (χ1) is 11.6. The Labute approximate surface area is 163 Å². The summed E-state index contributed by atoms with van der Waals surface area (Å²) in [7, 11) is 0. The normalized spacial score (nSPS) is 10.6. The fraction of sp³-hybridized carbons (Fsp3) is 0.111. The molecule has 1 N–H and O–H groups in total. The van der Waals surface area contributed by atoms with Gasteiger partial charge in [0.15, 0.2) is 4.34 Å². The zero-order valence-corrected chi connectivity index (χ0v) is 16.7. The molecule has 122 valence electrons. The van der Waals surface area contributed by atoms with Crippen molar-refractivity contribution in [2.45, 2.75) is 11.3 Å². The van der Waals surface area contributed by atoms with Crippen molar-refractivity contribution in [3.63, 3.8) is 0 Å². The highest BCUT2D eigenvalue weighted by Gasteiger charge is 2.09. The van der Waals surface area contributed by atoms with Crippen molar-refractivity contribution in [3.8, 4) is 11.3 Å². The van der Waals surface area contributed by atoms with E-state index in [9.17, 15) is 4.79 Å². The molecule has 6 heteroatoms. The molecule has 0 atom stereocenters. The molecule has 0 bridgehead atoms. The second kappa shape index (κ2) is 8.13. The third-order valence-corrected chi connectivity index (χ3v) is 6.03. The Morgan fingerprint density at radius 2 is 2.04 bits per heavy atom. The van der Waals surface area contributed by atoms with Gasteiger partial charge >= 0.3 is 0 Å². The maximum atomic E-state index is 12.1. The Hall–Kier alpha value is -1.38. The highest BCUT2D eigenvalue weighted by molar-refractivity contribution is 14.1. The SMILES string of the molecule is Cc1cc(I)ccc1NC(=O)CSc1nc(-c2ccccc2)cs1. The van der Waals surface area contributed by atoms with Crippen molar-refractivity contribution in [1.29, 1.82) is 0 Å². The Balaban J connectivity index is 1.58. The van der Waals surface area contributed by atoms with Gasteiger partial charge in [-0.25, -0.2) is 4.98 Å². The van der Waals surface area contributed by atoms with Crippen LogP contribution in [0, 0.1) is 10.5 Å². The van der Waals surface area contributed by atoms with Gasteiger partial charge in [-0.3, -0.25) is 4.79 Å². The van der Waals surface area contributed by atoms with E-state index >= 15 is 0 Å². The highest BCUT2D eigenvalue weighted by atomic mass is 127. The summed E-state index contributed by atoms with van der Waals surface area (Å²) in [6.07, 6.45) is 0. The van der Waals surface area contributed by atoms with Crippen LogP contribution in [-0.2, 0) is 4.79 Å². The number of carbonyl (C=O) groups is 1. The Bertz CT molecular complexity index is 849. The second-order valence-electron chi connectivity index (χ2n) is 5.16. The van der Waals surface area contributed by atoms with Gasteiger partial charge in [0, 0.05) is 20.2 Å². The van der Waals surface area contributed by atoms with E-state index in [-0.39, 0.29) is 5.91 Å². The first-order valence-corrected chi connectivity index (χ1v) is 10.3. The molecular weight excluding hydrogens is 451 g/mol. The number of halogens is 1. The minimum absolute atomic E-state index is 0.0132. The molecule has 0 fully saturated rings. The van der Waals surface area contributed by atoms with E-state index in [4.69, 9.17) is 0 Å². The zero-order chi connectivity index (χ0) is 16.9. The number of carbonyl (C=O) groups excluding carboxylic acids is 1. The molecule has 3 aromatic rings. The van der Waals surface area contributed by atoms with Crippen LogP contribution in [0.4, 0.5) is 5.69 Å². The van der Waals surface area contributed by atoms with Gasteiger partial charge in [-0.2, -0.15) is 0 Å². The van der Waals surface area contributed by atoms with Crippen LogP contribution in [0.15, 0.2) is 58.3 Å². The Morgan fingerprint density at radius 3 is 2.79 bits per heavy atom. The molecule has 0 aliphatic heterocycles. The zero-order valence-electron chi connectivity index (χ0n) is 13.0. The number of hydrogen-bond donors (Lipinski definition) is 1. The van der Waals surface area contributed by atoms with Crippen molar-refractivity contribution in [2.24, 2.45) is 0 Å². The molecule has 24 heavy (non-hydrogen) atoms. The summed E-state index contributed by atoms with van der Waals surface area (Å²) >= 11 is 5.30. The van der Waals surface area contributed by atoms with Gasteiger partial charge in [-0.15, -0.1) is 11.3 Å². The van der Waals surface area contributed by atoms with Crippen molar-refractivity contribution in [2.75, 3.05) is 11.1 Å². The molecule has 1 heterocycles. The van der Waals surface area contributed by atoms with E-state index in [1.165, 1.54) is 11.8 Å². The van der Waals surface area contributed by atoms with Crippen LogP contribution in [0.1, 0.15) is 5.56 Å². The third-order valence-electron chi connectivity index (χ3n) is 3.34. The molecular formula is C18H15IN2OS2. The molecule has 3 rings (SSSR count). The van der Waals surface area contributed by atoms with E-state index in [1.807, 2.05) is 54.8 Å². The number of amides is 1. The average molecular weight is 466 g/mol. The fourth-order valence-corrected chi connectivity index (χ4v) is 4.43. The lowest BCUT2D eigenvalue weighted by molar-refractivity contribution is -0.113. The van der Waals surface area contributed by atoms with Crippen molar-refractivity contribution in [3.05, 3.63) is 63.0 Å². The molecule has 2 aromatic carbocycles. The Morgan fingerprint density at radius 1 is 1.25 bits per heavy atom. The molecule has 3 nitrogen and oxygen atoms in total. The molecule has 1 amide bonds. The number of benzene rings is 2. The number of aryl methyl sites for hydroxylation is 1. The largest absolute Gasteiger partial charge is 0.325 e. The quantitative estimate of drug-likeness (QED) is 0.402. The summed E-state index contributed by atoms with van der Waals surface area (Å²) in [5.41, 5.74) is 3.99. The maximum Gasteiger partial charge on any atom is 0.234 e.